The number of nitrogens with two attached hydrogens (primary N) is 1. The van der Waals surface area contributed by atoms with Gasteiger partial charge in [-0.3, -0.25) is 0 Å². The molecule has 0 spiro atoms. The summed E-state index contributed by atoms with van der Waals surface area (Å²) in [7, 11) is 0.992. The highest BCUT2D eigenvalue weighted by Gasteiger charge is 1.91. The maximum atomic E-state index is 5.52. The molecule has 0 heterocycles. The van der Waals surface area contributed by atoms with Crippen LogP contribution in [0.25, 0.3) is 0 Å². The fraction of sp³-hybridized carbons (Fsp3) is 0.333. The molecular formula is C9H14NP. The number of benzene rings is 1. The predicted octanol–water partition coefficient (Wildman–Crippen LogP) is 1.95. The Morgan fingerprint density at radius 2 is 2.09 bits per heavy atom. The molecule has 1 nitrogen and oxygen atoms in total. The molecule has 0 aliphatic rings. The van der Waals surface area contributed by atoms with E-state index in [4.69, 9.17) is 5.73 Å². The molecule has 2 N–H and O–H groups in total. The molecule has 0 aromatic heterocycles. The first-order valence-electron chi connectivity index (χ1n) is 3.79. The third-order valence-electron chi connectivity index (χ3n) is 1.61. The second-order valence-electron chi connectivity index (χ2n) is 2.55. The van der Waals surface area contributed by atoms with Gasteiger partial charge in [-0.05, 0) is 24.0 Å². The van der Waals surface area contributed by atoms with Crippen LogP contribution in [0.4, 0.5) is 0 Å². The van der Waals surface area contributed by atoms with Crippen molar-refractivity contribution in [3.05, 3.63) is 35.4 Å². The van der Waals surface area contributed by atoms with Crippen molar-refractivity contribution in [1.82, 2.24) is 0 Å². The Hall–Kier alpha value is -0.390. The van der Waals surface area contributed by atoms with Crippen molar-refractivity contribution in [2.75, 3.05) is 6.66 Å². The van der Waals surface area contributed by atoms with Gasteiger partial charge in [0.15, 0.2) is 0 Å². The van der Waals surface area contributed by atoms with Crippen LogP contribution in [0.5, 0.6) is 0 Å². The zero-order valence-corrected chi connectivity index (χ0v) is 7.80. The summed E-state index contributed by atoms with van der Waals surface area (Å²) in [5, 5.41) is 0. The maximum Gasteiger partial charge on any atom is 0.0178 e. The number of hydrogen-bond donors (Lipinski definition) is 1. The quantitative estimate of drug-likeness (QED) is 0.684. The van der Waals surface area contributed by atoms with E-state index in [1.165, 1.54) is 17.3 Å². The van der Waals surface area contributed by atoms with Gasteiger partial charge in [-0.15, -0.1) is 8.58 Å². The van der Waals surface area contributed by atoms with E-state index in [0.717, 1.165) is 8.58 Å². The number of rotatable bonds is 3. The van der Waals surface area contributed by atoms with E-state index < -0.39 is 0 Å². The van der Waals surface area contributed by atoms with Gasteiger partial charge in [0.05, 0.1) is 0 Å². The molecule has 1 atom stereocenters. The Kier molecular flexibility index (Phi) is 3.55. The van der Waals surface area contributed by atoms with Crippen LogP contribution in [0, 0.1) is 0 Å². The van der Waals surface area contributed by atoms with Crippen molar-refractivity contribution in [1.29, 1.82) is 0 Å². The highest BCUT2D eigenvalue weighted by Crippen LogP contribution is 2.14. The van der Waals surface area contributed by atoms with Crippen LogP contribution in [0.15, 0.2) is 24.3 Å². The van der Waals surface area contributed by atoms with Crippen molar-refractivity contribution in [2.24, 2.45) is 5.73 Å². The molecule has 0 fully saturated rings. The Morgan fingerprint density at radius 1 is 1.36 bits per heavy atom. The zero-order chi connectivity index (χ0) is 8.10. The van der Waals surface area contributed by atoms with Gasteiger partial charge in [-0.2, -0.15) is 0 Å². The fourth-order valence-electron chi connectivity index (χ4n) is 1.07. The molecule has 11 heavy (non-hydrogen) atoms. The van der Waals surface area contributed by atoms with Crippen LogP contribution in [0.2, 0.25) is 0 Å². The Morgan fingerprint density at radius 3 is 2.73 bits per heavy atom. The second kappa shape index (κ2) is 4.48. The summed E-state index contributed by atoms with van der Waals surface area (Å²) < 4.78 is 0. The normalized spacial score (nSPS) is 11.1. The third-order valence-corrected chi connectivity index (χ3v) is 2.37. The van der Waals surface area contributed by atoms with Crippen LogP contribution in [-0.2, 0) is 12.7 Å². The molecule has 0 aliphatic heterocycles. The second-order valence-corrected chi connectivity index (χ2v) is 3.62. The van der Waals surface area contributed by atoms with Gasteiger partial charge in [-0.25, -0.2) is 0 Å². The summed E-state index contributed by atoms with van der Waals surface area (Å²) >= 11 is 0. The molecule has 1 unspecified atom stereocenters. The summed E-state index contributed by atoms with van der Waals surface area (Å²) in [6.07, 6.45) is 1.19. The van der Waals surface area contributed by atoms with Crippen molar-refractivity contribution in [3.63, 3.8) is 0 Å². The van der Waals surface area contributed by atoms with Gasteiger partial charge in [0, 0.05) is 6.54 Å². The molecule has 0 bridgehead atoms. The molecule has 0 amide bonds. The third kappa shape index (κ3) is 2.61. The average Bonchev–Trinajstić information content (AvgIpc) is 2.06. The van der Waals surface area contributed by atoms with E-state index in [1.54, 1.807) is 0 Å². The topological polar surface area (TPSA) is 26.0 Å². The largest absolute Gasteiger partial charge is 0.326 e. The summed E-state index contributed by atoms with van der Waals surface area (Å²) in [5.74, 6) is 0. The van der Waals surface area contributed by atoms with Gasteiger partial charge in [0.1, 0.15) is 0 Å². The van der Waals surface area contributed by atoms with Crippen LogP contribution in [0.3, 0.4) is 0 Å². The summed E-state index contributed by atoms with van der Waals surface area (Å²) in [4.78, 5) is 0. The van der Waals surface area contributed by atoms with Crippen LogP contribution in [-0.4, -0.2) is 6.66 Å². The van der Waals surface area contributed by atoms with E-state index in [9.17, 15) is 0 Å². The lowest BCUT2D eigenvalue weighted by Gasteiger charge is -2.00. The molecule has 0 saturated heterocycles. The summed E-state index contributed by atoms with van der Waals surface area (Å²) in [5.41, 5.74) is 8.16. The minimum Gasteiger partial charge on any atom is -0.326 e. The van der Waals surface area contributed by atoms with Crippen LogP contribution in [0.1, 0.15) is 11.1 Å². The Labute approximate surface area is 69.8 Å². The first-order valence-corrected chi connectivity index (χ1v) is 5.50. The number of hydrogen-bond acceptors (Lipinski definition) is 1. The van der Waals surface area contributed by atoms with Crippen molar-refractivity contribution in [3.8, 4) is 0 Å². The molecule has 60 valence electrons. The maximum absolute atomic E-state index is 5.52. The van der Waals surface area contributed by atoms with E-state index >= 15 is 0 Å². The van der Waals surface area contributed by atoms with Crippen molar-refractivity contribution in [2.45, 2.75) is 12.7 Å². The lowest BCUT2D eigenvalue weighted by Crippen LogP contribution is -1.96. The van der Waals surface area contributed by atoms with Gasteiger partial charge < -0.3 is 5.73 Å². The predicted molar refractivity (Wildman–Crippen MR) is 52.3 cm³/mol. The molecule has 2 heteroatoms. The first-order chi connectivity index (χ1) is 5.36. The zero-order valence-electron chi connectivity index (χ0n) is 6.80. The van der Waals surface area contributed by atoms with Gasteiger partial charge in [-0.1, -0.05) is 24.3 Å². The summed E-state index contributed by atoms with van der Waals surface area (Å²) in [6, 6.07) is 8.51. The minimum atomic E-state index is 0.653. The highest BCUT2D eigenvalue weighted by atomic mass is 31.1. The lowest BCUT2D eigenvalue weighted by molar-refractivity contribution is 1.06. The minimum absolute atomic E-state index is 0.653. The van der Waals surface area contributed by atoms with E-state index in [0.29, 0.717) is 6.54 Å². The van der Waals surface area contributed by atoms with Gasteiger partial charge in [0.25, 0.3) is 0 Å². The van der Waals surface area contributed by atoms with Crippen LogP contribution < -0.4 is 5.73 Å². The molecule has 1 aromatic carbocycles. The summed E-state index contributed by atoms with van der Waals surface area (Å²) in [6.45, 7) is 2.87. The molecular weight excluding hydrogens is 153 g/mol. The molecule has 1 aromatic rings. The van der Waals surface area contributed by atoms with E-state index in [-0.39, 0.29) is 0 Å². The monoisotopic (exact) mass is 167 g/mol. The van der Waals surface area contributed by atoms with Crippen molar-refractivity contribution < 1.29 is 0 Å². The Bertz CT molecular complexity index is 223. The van der Waals surface area contributed by atoms with E-state index in [1.807, 2.05) is 0 Å². The molecule has 0 aliphatic carbocycles. The van der Waals surface area contributed by atoms with Crippen LogP contribution >= 0.6 is 8.58 Å². The fourth-order valence-corrected chi connectivity index (χ4v) is 1.70. The SMILES string of the molecule is CPCc1cccc(CN)c1. The van der Waals surface area contributed by atoms with Gasteiger partial charge >= 0.3 is 0 Å². The van der Waals surface area contributed by atoms with Crippen molar-refractivity contribution >= 4 is 8.58 Å². The Balaban J connectivity index is 2.74. The van der Waals surface area contributed by atoms with Gasteiger partial charge in [0.2, 0.25) is 0 Å². The van der Waals surface area contributed by atoms with E-state index in [2.05, 4.69) is 30.9 Å². The molecule has 0 saturated carbocycles. The molecule has 0 radical (unpaired) electrons. The highest BCUT2D eigenvalue weighted by molar-refractivity contribution is 7.36. The molecule has 1 rings (SSSR count). The average molecular weight is 167 g/mol. The first kappa shape index (κ1) is 8.70. The standard InChI is InChI=1S/C9H14NP/c1-11-7-9-4-2-3-8(5-9)6-10/h2-5,11H,6-7,10H2,1H3. The smallest absolute Gasteiger partial charge is 0.0178 e. The lowest BCUT2D eigenvalue weighted by atomic mass is 10.1.